The minimum atomic E-state index is -0.708. The van der Waals surface area contributed by atoms with Crippen molar-refractivity contribution in [3.8, 4) is 0 Å². The lowest BCUT2D eigenvalue weighted by atomic mass is 9.92. The molecule has 0 aromatic heterocycles. The summed E-state index contributed by atoms with van der Waals surface area (Å²) in [7, 11) is 0. The smallest absolute Gasteiger partial charge is 0.339 e. The molecule has 5 heteroatoms. The average Bonchev–Trinajstić information content (AvgIpc) is 2.90. The van der Waals surface area contributed by atoms with E-state index in [2.05, 4.69) is 0 Å². The molecule has 0 atom stereocenters. The van der Waals surface area contributed by atoms with E-state index in [1.165, 1.54) is 4.90 Å². The minimum Gasteiger partial charge on any atom is -0.456 e. The summed E-state index contributed by atoms with van der Waals surface area (Å²) in [5.41, 5.74) is 2.24. The summed E-state index contributed by atoms with van der Waals surface area (Å²) in [6, 6.07) is 10.6. The standard InChI is InChI=1S/C25H29NO4/c1-14(2)16-10-8-11-17(15(3)4)21(16)26-22(27)18-12-9-13-19(20(18)23(26)28)24(29)30-25(5,6)7/h8-15H,1-7H3. The first kappa shape index (κ1) is 21.8. The van der Waals surface area contributed by atoms with Crippen LogP contribution in [0.5, 0.6) is 0 Å². The highest BCUT2D eigenvalue weighted by atomic mass is 16.6. The summed E-state index contributed by atoms with van der Waals surface area (Å²) in [5.74, 6) is -1.26. The number of anilines is 1. The Labute approximate surface area is 178 Å². The third-order valence-corrected chi connectivity index (χ3v) is 5.10. The van der Waals surface area contributed by atoms with Gasteiger partial charge < -0.3 is 4.74 Å². The van der Waals surface area contributed by atoms with Crippen LogP contribution in [0, 0.1) is 0 Å². The molecule has 158 valence electrons. The van der Waals surface area contributed by atoms with Crippen LogP contribution in [0.2, 0.25) is 0 Å². The number of benzene rings is 2. The maximum Gasteiger partial charge on any atom is 0.339 e. The van der Waals surface area contributed by atoms with Crippen molar-refractivity contribution in [1.29, 1.82) is 0 Å². The number of esters is 1. The second kappa shape index (κ2) is 7.71. The molecule has 1 aliphatic rings. The molecule has 30 heavy (non-hydrogen) atoms. The van der Waals surface area contributed by atoms with Gasteiger partial charge in [0.2, 0.25) is 0 Å². The van der Waals surface area contributed by atoms with Crippen molar-refractivity contribution in [2.24, 2.45) is 0 Å². The van der Waals surface area contributed by atoms with Crippen molar-refractivity contribution < 1.29 is 19.1 Å². The highest BCUT2D eigenvalue weighted by Gasteiger charge is 2.42. The van der Waals surface area contributed by atoms with Gasteiger partial charge in [0.15, 0.2) is 0 Å². The molecule has 0 aliphatic carbocycles. The van der Waals surface area contributed by atoms with Gasteiger partial charge >= 0.3 is 5.97 Å². The molecule has 1 heterocycles. The summed E-state index contributed by atoms with van der Waals surface area (Å²) in [6.45, 7) is 13.4. The van der Waals surface area contributed by atoms with Crippen molar-refractivity contribution in [2.75, 3.05) is 4.90 Å². The normalized spacial score (nSPS) is 14.0. The van der Waals surface area contributed by atoms with Crippen LogP contribution in [0.15, 0.2) is 36.4 Å². The van der Waals surface area contributed by atoms with Gasteiger partial charge in [0.05, 0.1) is 22.4 Å². The number of carbonyl (C=O) groups excluding carboxylic acids is 3. The van der Waals surface area contributed by atoms with Crippen LogP contribution < -0.4 is 4.90 Å². The number of fused-ring (bicyclic) bond motifs is 1. The van der Waals surface area contributed by atoms with Crippen molar-refractivity contribution >= 4 is 23.5 Å². The van der Waals surface area contributed by atoms with Crippen LogP contribution in [-0.4, -0.2) is 23.4 Å². The Hall–Kier alpha value is -2.95. The molecule has 0 radical (unpaired) electrons. The SMILES string of the molecule is CC(C)c1cccc(C(C)C)c1N1C(=O)c2cccc(C(=O)OC(C)(C)C)c2C1=O. The molecule has 3 rings (SSSR count). The predicted molar refractivity (Wildman–Crippen MR) is 117 cm³/mol. The average molecular weight is 408 g/mol. The maximum atomic E-state index is 13.5. The molecule has 0 saturated carbocycles. The molecule has 0 saturated heterocycles. The lowest BCUT2D eigenvalue weighted by Crippen LogP contribution is -2.32. The van der Waals surface area contributed by atoms with Gasteiger partial charge in [0, 0.05) is 0 Å². The van der Waals surface area contributed by atoms with Crippen molar-refractivity contribution in [3.05, 3.63) is 64.2 Å². The van der Waals surface area contributed by atoms with Gasteiger partial charge in [-0.25, -0.2) is 9.69 Å². The van der Waals surface area contributed by atoms with Crippen LogP contribution in [0.4, 0.5) is 5.69 Å². The summed E-state index contributed by atoms with van der Waals surface area (Å²) >= 11 is 0. The largest absolute Gasteiger partial charge is 0.456 e. The molecule has 2 aromatic rings. The third kappa shape index (κ3) is 3.76. The molecular weight excluding hydrogens is 378 g/mol. The van der Waals surface area contributed by atoms with E-state index < -0.39 is 23.4 Å². The highest BCUT2D eigenvalue weighted by molar-refractivity contribution is 6.36. The molecule has 0 unspecified atom stereocenters. The number of nitrogens with zero attached hydrogens (tertiary/aromatic N) is 1. The summed E-state index contributed by atoms with van der Waals surface area (Å²) in [6.07, 6.45) is 0. The first-order chi connectivity index (χ1) is 13.9. The van der Waals surface area contributed by atoms with E-state index in [0.717, 1.165) is 11.1 Å². The van der Waals surface area contributed by atoms with E-state index in [9.17, 15) is 14.4 Å². The van der Waals surface area contributed by atoms with Crippen molar-refractivity contribution in [2.45, 2.75) is 65.9 Å². The van der Waals surface area contributed by atoms with E-state index in [1.54, 1.807) is 39.0 Å². The molecule has 2 aromatic carbocycles. The van der Waals surface area contributed by atoms with E-state index in [1.807, 2.05) is 45.9 Å². The van der Waals surface area contributed by atoms with Crippen LogP contribution in [0.1, 0.15) is 103 Å². The van der Waals surface area contributed by atoms with Crippen molar-refractivity contribution in [3.63, 3.8) is 0 Å². The minimum absolute atomic E-state index is 0.116. The Morgan fingerprint density at radius 1 is 0.867 bits per heavy atom. The second-order valence-corrected chi connectivity index (χ2v) is 9.27. The summed E-state index contributed by atoms with van der Waals surface area (Å²) in [5, 5.41) is 0. The fraction of sp³-hybridized carbons (Fsp3) is 0.400. The second-order valence-electron chi connectivity index (χ2n) is 9.27. The number of amides is 2. The maximum absolute atomic E-state index is 13.5. The number of hydrogen-bond acceptors (Lipinski definition) is 4. The fourth-order valence-electron chi connectivity index (χ4n) is 3.76. The Kier molecular flexibility index (Phi) is 5.59. The van der Waals surface area contributed by atoms with Crippen LogP contribution in [0.3, 0.4) is 0 Å². The van der Waals surface area contributed by atoms with E-state index in [0.29, 0.717) is 5.69 Å². The number of para-hydroxylation sites is 1. The Morgan fingerprint density at radius 3 is 1.90 bits per heavy atom. The first-order valence-corrected chi connectivity index (χ1v) is 10.3. The molecule has 5 nitrogen and oxygen atoms in total. The lowest BCUT2D eigenvalue weighted by Gasteiger charge is -2.25. The summed E-state index contributed by atoms with van der Waals surface area (Å²) < 4.78 is 5.48. The number of ether oxygens (including phenoxy) is 1. The van der Waals surface area contributed by atoms with Gasteiger partial charge in [-0.15, -0.1) is 0 Å². The van der Waals surface area contributed by atoms with Crippen LogP contribution in [-0.2, 0) is 4.74 Å². The van der Waals surface area contributed by atoms with Crippen LogP contribution in [0.25, 0.3) is 0 Å². The van der Waals surface area contributed by atoms with Gasteiger partial charge in [0.1, 0.15) is 5.60 Å². The van der Waals surface area contributed by atoms with E-state index in [4.69, 9.17) is 4.74 Å². The zero-order valence-electron chi connectivity index (χ0n) is 18.7. The summed E-state index contributed by atoms with van der Waals surface area (Å²) in [4.78, 5) is 40.9. The van der Waals surface area contributed by atoms with Gasteiger partial charge in [-0.3, -0.25) is 9.59 Å². The van der Waals surface area contributed by atoms with Gasteiger partial charge in [-0.05, 0) is 55.9 Å². The molecule has 0 bridgehead atoms. The third-order valence-electron chi connectivity index (χ3n) is 5.10. The van der Waals surface area contributed by atoms with Crippen molar-refractivity contribution in [1.82, 2.24) is 0 Å². The quantitative estimate of drug-likeness (QED) is 0.482. The van der Waals surface area contributed by atoms with Gasteiger partial charge in [0.25, 0.3) is 11.8 Å². The topological polar surface area (TPSA) is 63.7 Å². The monoisotopic (exact) mass is 407 g/mol. The number of rotatable bonds is 4. The number of hydrogen-bond donors (Lipinski definition) is 0. The Bertz CT molecular complexity index is 1000. The molecule has 0 N–H and O–H groups in total. The number of imide groups is 1. The molecule has 0 fully saturated rings. The molecule has 2 amide bonds. The van der Waals surface area contributed by atoms with E-state index >= 15 is 0 Å². The predicted octanol–water partition coefficient (Wildman–Crippen LogP) is 5.69. The Balaban J connectivity index is 2.19. The van der Waals surface area contributed by atoms with Gasteiger partial charge in [-0.2, -0.15) is 0 Å². The molecule has 1 aliphatic heterocycles. The first-order valence-electron chi connectivity index (χ1n) is 10.3. The molecule has 0 spiro atoms. The zero-order chi connectivity index (χ0) is 22.4. The lowest BCUT2D eigenvalue weighted by molar-refractivity contribution is 0.00678. The number of carbonyl (C=O) groups is 3. The fourth-order valence-corrected chi connectivity index (χ4v) is 3.76. The van der Waals surface area contributed by atoms with E-state index in [-0.39, 0.29) is 28.5 Å². The Morgan fingerprint density at radius 2 is 1.40 bits per heavy atom. The van der Waals surface area contributed by atoms with Gasteiger partial charge in [-0.1, -0.05) is 52.0 Å². The zero-order valence-corrected chi connectivity index (χ0v) is 18.7. The van der Waals surface area contributed by atoms with Crippen LogP contribution >= 0.6 is 0 Å². The molecular formula is C25H29NO4. The highest BCUT2D eigenvalue weighted by Crippen LogP contribution is 2.40.